The molecule has 0 heterocycles. The molecule has 0 aliphatic rings. The van der Waals surface area contributed by atoms with E-state index in [0.29, 0.717) is 24.4 Å². The van der Waals surface area contributed by atoms with Crippen molar-refractivity contribution in [1.82, 2.24) is 5.32 Å². The van der Waals surface area contributed by atoms with E-state index in [0.717, 1.165) is 29.7 Å². The number of nitrogens with zero attached hydrogens (tertiary/aromatic N) is 1. The summed E-state index contributed by atoms with van der Waals surface area (Å²) in [5.74, 6) is 0.696. The van der Waals surface area contributed by atoms with Gasteiger partial charge >= 0.3 is 0 Å². The van der Waals surface area contributed by atoms with Crippen LogP contribution in [-0.2, 0) is 23.0 Å². The first kappa shape index (κ1) is 24.3. The van der Waals surface area contributed by atoms with Gasteiger partial charge in [-0.25, -0.2) is 8.42 Å². The van der Waals surface area contributed by atoms with Gasteiger partial charge < -0.3 is 10.1 Å². The molecular weight excluding hydrogens is 436 g/mol. The number of benzene rings is 3. The summed E-state index contributed by atoms with van der Waals surface area (Å²) in [6.07, 6.45) is 2.77. The molecular formula is C26H30N2O4S. The fourth-order valence-electron chi connectivity index (χ4n) is 3.52. The Balaban J connectivity index is 1.58. The lowest BCUT2D eigenvalue weighted by Crippen LogP contribution is -2.29. The molecule has 1 N–H and O–H groups in total. The zero-order valence-electron chi connectivity index (χ0n) is 19.0. The van der Waals surface area contributed by atoms with Crippen LogP contribution in [0.25, 0.3) is 0 Å². The van der Waals surface area contributed by atoms with Crippen molar-refractivity contribution in [3.63, 3.8) is 0 Å². The van der Waals surface area contributed by atoms with Crippen LogP contribution < -0.4 is 14.4 Å². The summed E-state index contributed by atoms with van der Waals surface area (Å²) in [5, 5.41) is 2.93. The Morgan fingerprint density at radius 3 is 2.27 bits per heavy atom. The van der Waals surface area contributed by atoms with Gasteiger partial charge in [0.15, 0.2) is 0 Å². The van der Waals surface area contributed by atoms with Gasteiger partial charge in [0.25, 0.3) is 5.91 Å². The maximum Gasteiger partial charge on any atom is 0.251 e. The third kappa shape index (κ3) is 7.08. The maximum atomic E-state index is 12.5. The Morgan fingerprint density at radius 2 is 1.61 bits per heavy atom. The molecule has 0 atom stereocenters. The number of amides is 1. The maximum absolute atomic E-state index is 12.5. The van der Waals surface area contributed by atoms with Gasteiger partial charge in [-0.05, 0) is 61.2 Å². The summed E-state index contributed by atoms with van der Waals surface area (Å²) in [5.41, 5.74) is 3.01. The predicted octanol–water partition coefficient (Wildman–Crippen LogP) is 4.41. The number of sulfonamides is 1. The molecule has 3 aromatic carbocycles. The van der Waals surface area contributed by atoms with Crippen molar-refractivity contribution in [3.05, 3.63) is 95.6 Å². The quantitative estimate of drug-likeness (QED) is 0.425. The van der Waals surface area contributed by atoms with E-state index in [4.69, 9.17) is 4.74 Å². The molecule has 0 saturated carbocycles. The zero-order chi connectivity index (χ0) is 23.7. The Hall–Kier alpha value is -3.32. The lowest BCUT2D eigenvalue weighted by atomic mass is 10.1. The minimum absolute atomic E-state index is 0.186. The third-order valence-electron chi connectivity index (χ3n) is 5.17. The van der Waals surface area contributed by atoms with Gasteiger partial charge in [0.05, 0.1) is 25.1 Å². The first-order valence-electron chi connectivity index (χ1n) is 11.0. The molecule has 0 saturated heterocycles. The van der Waals surface area contributed by atoms with Gasteiger partial charge in [-0.15, -0.1) is 0 Å². The smallest absolute Gasteiger partial charge is 0.251 e. The molecule has 6 nitrogen and oxygen atoms in total. The van der Waals surface area contributed by atoms with Crippen molar-refractivity contribution >= 4 is 21.6 Å². The molecule has 7 heteroatoms. The number of anilines is 1. The number of hydrogen-bond donors (Lipinski definition) is 1. The lowest BCUT2D eigenvalue weighted by molar-refractivity contribution is 0.0953. The summed E-state index contributed by atoms with van der Waals surface area (Å²) < 4.78 is 31.7. The van der Waals surface area contributed by atoms with E-state index in [-0.39, 0.29) is 12.5 Å². The lowest BCUT2D eigenvalue weighted by Gasteiger charge is -2.22. The molecule has 0 aromatic heterocycles. The Bertz CT molecular complexity index is 1150. The molecule has 1 amide bonds. The average molecular weight is 467 g/mol. The van der Waals surface area contributed by atoms with Crippen LogP contribution in [0.2, 0.25) is 0 Å². The molecule has 3 aromatic rings. The number of carbonyl (C=O) groups excluding carboxylic acids is 1. The van der Waals surface area contributed by atoms with Gasteiger partial charge in [0.1, 0.15) is 5.75 Å². The van der Waals surface area contributed by atoms with Gasteiger partial charge in [-0.3, -0.25) is 9.10 Å². The largest absolute Gasteiger partial charge is 0.494 e. The van der Waals surface area contributed by atoms with Gasteiger partial charge in [-0.2, -0.15) is 0 Å². The van der Waals surface area contributed by atoms with Crippen molar-refractivity contribution in [3.8, 4) is 5.75 Å². The summed E-state index contributed by atoms with van der Waals surface area (Å²) in [6, 6.07) is 24.0. The number of para-hydroxylation sites is 1. The fraction of sp³-hybridized carbons (Fsp3) is 0.269. The monoisotopic (exact) mass is 466 g/mol. The SMILES string of the molecule is CCOc1ccccc1CCCNC(=O)c1ccc(N(Cc2ccccc2)S(C)(=O)=O)cc1. The minimum Gasteiger partial charge on any atom is -0.494 e. The molecule has 0 spiro atoms. The van der Waals surface area contributed by atoms with Gasteiger partial charge in [-0.1, -0.05) is 48.5 Å². The average Bonchev–Trinajstić information content (AvgIpc) is 2.81. The summed E-state index contributed by atoms with van der Waals surface area (Å²) in [7, 11) is -3.48. The number of aryl methyl sites for hydroxylation is 1. The van der Waals surface area contributed by atoms with E-state index in [1.165, 1.54) is 10.6 Å². The second-order valence-electron chi connectivity index (χ2n) is 7.70. The van der Waals surface area contributed by atoms with Crippen molar-refractivity contribution in [1.29, 1.82) is 0 Å². The van der Waals surface area contributed by atoms with Crippen LogP contribution in [0.1, 0.15) is 34.8 Å². The Labute approximate surface area is 196 Å². The van der Waals surface area contributed by atoms with Gasteiger partial charge in [0, 0.05) is 12.1 Å². The molecule has 0 unspecified atom stereocenters. The van der Waals surface area contributed by atoms with Crippen LogP contribution in [-0.4, -0.2) is 33.7 Å². The van der Waals surface area contributed by atoms with E-state index in [1.54, 1.807) is 24.3 Å². The highest BCUT2D eigenvalue weighted by Gasteiger charge is 2.18. The standard InChI is InChI=1S/C26H30N2O4S/c1-3-32-25-14-8-7-12-22(25)13-9-19-27-26(29)23-15-17-24(18-16-23)28(33(2,30)31)20-21-10-5-4-6-11-21/h4-8,10-12,14-18H,3,9,13,19-20H2,1-2H3,(H,27,29). The predicted molar refractivity (Wildman–Crippen MR) is 132 cm³/mol. The van der Waals surface area contributed by atoms with E-state index in [2.05, 4.69) is 5.32 Å². The molecule has 0 bridgehead atoms. The van der Waals surface area contributed by atoms with Crippen molar-refractivity contribution in [2.24, 2.45) is 0 Å². The third-order valence-corrected chi connectivity index (χ3v) is 6.31. The molecule has 0 aliphatic heterocycles. The first-order chi connectivity index (χ1) is 15.9. The molecule has 0 fully saturated rings. The Morgan fingerprint density at radius 1 is 0.939 bits per heavy atom. The molecule has 174 valence electrons. The highest BCUT2D eigenvalue weighted by atomic mass is 32.2. The highest BCUT2D eigenvalue weighted by Crippen LogP contribution is 2.22. The molecule has 0 aliphatic carbocycles. The summed E-state index contributed by atoms with van der Waals surface area (Å²) >= 11 is 0. The molecule has 3 rings (SSSR count). The number of carbonyl (C=O) groups is 1. The summed E-state index contributed by atoms with van der Waals surface area (Å²) in [6.45, 7) is 3.34. The van der Waals surface area contributed by atoms with Crippen LogP contribution in [0.5, 0.6) is 5.75 Å². The first-order valence-corrected chi connectivity index (χ1v) is 12.8. The van der Waals surface area contributed by atoms with Crippen molar-refractivity contribution in [2.75, 3.05) is 23.7 Å². The molecule has 33 heavy (non-hydrogen) atoms. The van der Waals surface area contributed by atoms with E-state index in [1.807, 2.05) is 61.5 Å². The second-order valence-corrected chi connectivity index (χ2v) is 9.61. The minimum atomic E-state index is -3.48. The Kier molecular flexibility index (Phi) is 8.49. The number of rotatable bonds is 11. The van der Waals surface area contributed by atoms with Gasteiger partial charge in [0.2, 0.25) is 10.0 Å². The number of hydrogen-bond acceptors (Lipinski definition) is 4. The zero-order valence-corrected chi connectivity index (χ0v) is 19.8. The van der Waals surface area contributed by atoms with Crippen molar-refractivity contribution in [2.45, 2.75) is 26.3 Å². The van der Waals surface area contributed by atoms with Crippen molar-refractivity contribution < 1.29 is 17.9 Å². The van der Waals surface area contributed by atoms with Crippen LogP contribution in [0.4, 0.5) is 5.69 Å². The molecule has 0 radical (unpaired) electrons. The van der Waals surface area contributed by atoms with E-state index in [9.17, 15) is 13.2 Å². The summed E-state index contributed by atoms with van der Waals surface area (Å²) in [4.78, 5) is 12.5. The van der Waals surface area contributed by atoms with E-state index >= 15 is 0 Å². The number of nitrogens with one attached hydrogen (secondary N) is 1. The fourth-order valence-corrected chi connectivity index (χ4v) is 4.41. The van der Waals surface area contributed by atoms with Crippen LogP contribution in [0, 0.1) is 0 Å². The van der Waals surface area contributed by atoms with E-state index < -0.39 is 10.0 Å². The van der Waals surface area contributed by atoms with Crippen LogP contribution in [0.3, 0.4) is 0 Å². The van der Waals surface area contributed by atoms with Crippen LogP contribution >= 0.6 is 0 Å². The number of ether oxygens (including phenoxy) is 1. The van der Waals surface area contributed by atoms with Crippen LogP contribution in [0.15, 0.2) is 78.9 Å². The normalized spacial score (nSPS) is 11.1. The topological polar surface area (TPSA) is 75.7 Å². The second kappa shape index (κ2) is 11.5. The highest BCUT2D eigenvalue weighted by molar-refractivity contribution is 7.92.